The fraction of sp³-hybridized carbons (Fsp3) is 0.182. The van der Waals surface area contributed by atoms with Gasteiger partial charge in [-0.05, 0) is 6.92 Å². The Morgan fingerprint density at radius 1 is 1.23 bits per heavy atom. The average Bonchev–Trinajstić information content (AvgIpc) is 2.67. The zero-order valence-electron chi connectivity index (χ0n) is 7.70. The molecule has 66 valence electrons. The molecule has 0 amide bonds. The molecule has 0 saturated heterocycles. The van der Waals surface area contributed by atoms with E-state index in [9.17, 15) is 0 Å². The fourth-order valence-corrected chi connectivity index (χ4v) is 1.48. The van der Waals surface area contributed by atoms with E-state index in [4.69, 9.17) is 0 Å². The third kappa shape index (κ3) is 1.47. The molecule has 0 saturated carbocycles. The second kappa shape index (κ2) is 3.44. The van der Waals surface area contributed by atoms with Gasteiger partial charge >= 0.3 is 0 Å². The van der Waals surface area contributed by atoms with Crippen LogP contribution < -0.4 is 4.57 Å². The number of nitrogens with zero attached hydrogens (tertiary/aromatic N) is 1. The molecule has 1 aromatic carbocycles. The average molecular weight is 173 g/mol. The van der Waals surface area contributed by atoms with E-state index in [1.54, 1.807) is 0 Å². The molecule has 0 radical (unpaired) electrons. The Bertz CT molecular complexity index is 376. The van der Waals surface area contributed by atoms with Crippen LogP contribution in [0.15, 0.2) is 42.9 Å². The summed E-state index contributed by atoms with van der Waals surface area (Å²) in [6.07, 6.45) is 4.02. The predicted molar refractivity (Wildman–Crippen MR) is 52.1 cm³/mol. The lowest BCUT2D eigenvalue weighted by molar-refractivity contribution is -0.681. The molecule has 2 nitrogen and oxygen atoms in total. The van der Waals surface area contributed by atoms with E-state index in [1.807, 2.05) is 18.6 Å². The number of imidazole rings is 1. The van der Waals surface area contributed by atoms with Crippen LogP contribution in [0.2, 0.25) is 0 Å². The van der Waals surface area contributed by atoms with E-state index in [0.717, 1.165) is 6.54 Å². The van der Waals surface area contributed by atoms with Crippen molar-refractivity contribution in [2.24, 2.45) is 0 Å². The van der Waals surface area contributed by atoms with Gasteiger partial charge in [0, 0.05) is 5.56 Å². The number of hydrogen-bond acceptors (Lipinski definition) is 0. The molecule has 13 heavy (non-hydrogen) atoms. The maximum Gasteiger partial charge on any atom is 0.242 e. The second-order valence-electron chi connectivity index (χ2n) is 2.98. The van der Waals surface area contributed by atoms with E-state index in [0.29, 0.717) is 0 Å². The van der Waals surface area contributed by atoms with Crippen LogP contribution in [0.5, 0.6) is 0 Å². The topological polar surface area (TPSA) is 19.7 Å². The molecule has 2 rings (SSSR count). The summed E-state index contributed by atoms with van der Waals surface area (Å²) >= 11 is 0. The Kier molecular flexibility index (Phi) is 2.13. The van der Waals surface area contributed by atoms with E-state index in [1.165, 1.54) is 11.3 Å². The molecular weight excluding hydrogens is 160 g/mol. The van der Waals surface area contributed by atoms with Crippen LogP contribution in [-0.2, 0) is 6.54 Å². The standard InChI is InChI=1S/C11H12N2/c1-2-13-9-12-8-11(13)10-6-4-3-5-7-10/h3-9H,2H2,1H3/p+1. The van der Waals surface area contributed by atoms with Gasteiger partial charge in [0.15, 0.2) is 5.69 Å². The number of hydrogen-bond donors (Lipinski definition) is 1. The maximum atomic E-state index is 3.11. The van der Waals surface area contributed by atoms with Crippen LogP contribution in [0, 0.1) is 0 Å². The van der Waals surface area contributed by atoms with Crippen molar-refractivity contribution in [2.45, 2.75) is 13.5 Å². The first-order valence-corrected chi connectivity index (χ1v) is 4.53. The highest BCUT2D eigenvalue weighted by atomic mass is 15.0. The first kappa shape index (κ1) is 8.05. The highest BCUT2D eigenvalue weighted by Crippen LogP contribution is 2.12. The summed E-state index contributed by atoms with van der Waals surface area (Å²) in [5, 5.41) is 0. The Morgan fingerprint density at radius 2 is 2.00 bits per heavy atom. The lowest BCUT2D eigenvalue weighted by Crippen LogP contribution is -2.31. The molecule has 0 aliphatic carbocycles. The number of aromatic nitrogens is 2. The minimum absolute atomic E-state index is 0.994. The summed E-state index contributed by atoms with van der Waals surface area (Å²) in [7, 11) is 0. The van der Waals surface area contributed by atoms with E-state index >= 15 is 0 Å². The first-order chi connectivity index (χ1) is 6.42. The van der Waals surface area contributed by atoms with Crippen molar-refractivity contribution in [2.75, 3.05) is 0 Å². The number of aromatic amines is 1. The van der Waals surface area contributed by atoms with Crippen molar-refractivity contribution >= 4 is 0 Å². The highest BCUT2D eigenvalue weighted by molar-refractivity contribution is 5.54. The molecule has 0 fully saturated rings. The SMILES string of the molecule is CC[n+]1c[nH]cc1-c1ccccc1. The van der Waals surface area contributed by atoms with E-state index in [-0.39, 0.29) is 0 Å². The minimum Gasteiger partial charge on any atom is -0.250 e. The van der Waals surface area contributed by atoms with Crippen molar-refractivity contribution < 1.29 is 4.57 Å². The summed E-state index contributed by atoms with van der Waals surface area (Å²) < 4.78 is 2.19. The lowest BCUT2D eigenvalue weighted by atomic mass is 10.2. The van der Waals surface area contributed by atoms with Crippen LogP contribution in [-0.4, -0.2) is 4.98 Å². The molecule has 0 unspecified atom stereocenters. The monoisotopic (exact) mass is 173 g/mol. The minimum atomic E-state index is 0.994. The highest BCUT2D eigenvalue weighted by Gasteiger charge is 2.08. The normalized spacial score (nSPS) is 10.2. The largest absolute Gasteiger partial charge is 0.250 e. The molecule has 0 spiro atoms. The van der Waals surface area contributed by atoms with Crippen LogP contribution in [0.4, 0.5) is 0 Å². The van der Waals surface area contributed by atoms with Crippen molar-refractivity contribution in [3.05, 3.63) is 42.9 Å². The summed E-state index contributed by atoms with van der Waals surface area (Å²) in [5.41, 5.74) is 2.49. The summed E-state index contributed by atoms with van der Waals surface area (Å²) in [6.45, 7) is 3.13. The molecular formula is C11H13N2+. The number of benzene rings is 1. The zero-order valence-corrected chi connectivity index (χ0v) is 7.70. The number of H-pyrrole nitrogens is 1. The fourth-order valence-electron chi connectivity index (χ4n) is 1.48. The zero-order chi connectivity index (χ0) is 9.10. The van der Waals surface area contributed by atoms with Crippen molar-refractivity contribution in [1.29, 1.82) is 0 Å². The molecule has 0 bridgehead atoms. The van der Waals surface area contributed by atoms with Gasteiger partial charge in [0.1, 0.15) is 6.20 Å². The number of rotatable bonds is 2. The summed E-state index contributed by atoms with van der Waals surface area (Å²) in [6, 6.07) is 10.4. The molecule has 1 heterocycles. The third-order valence-corrected chi connectivity index (χ3v) is 2.17. The molecule has 1 aromatic heterocycles. The van der Waals surface area contributed by atoms with Crippen LogP contribution >= 0.6 is 0 Å². The van der Waals surface area contributed by atoms with Gasteiger partial charge in [0.05, 0.1) is 6.54 Å². The summed E-state index contributed by atoms with van der Waals surface area (Å²) in [4.78, 5) is 3.11. The van der Waals surface area contributed by atoms with Gasteiger partial charge in [-0.15, -0.1) is 0 Å². The molecule has 2 heteroatoms. The van der Waals surface area contributed by atoms with Gasteiger partial charge in [-0.25, -0.2) is 9.55 Å². The second-order valence-corrected chi connectivity index (χ2v) is 2.98. The third-order valence-electron chi connectivity index (χ3n) is 2.17. The molecule has 0 aliphatic heterocycles. The molecule has 0 atom stereocenters. The Morgan fingerprint density at radius 3 is 2.69 bits per heavy atom. The van der Waals surface area contributed by atoms with Crippen molar-refractivity contribution in [3.63, 3.8) is 0 Å². The Labute approximate surface area is 77.9 Å². The maximum absolute atomic E-state index is 3.11. The Balaban J connectivity index is 2.47. The smallest absolute Gasteiger partial charge is 0.242 e. The number of aryl methyl sites for hydroxylation is 1. The van der Waals surface area contributed by atoms with Gasteiger partial charge in [-0.2, -0.15) is 0 Å². The quantitative estimate of drug-likeness (QED) is 0.670. The van der Waals surface area contributed by atoms with Crippen molar-refractivity contribution in [3.8, 4) is 11.3 Å². The lowest BCUT2D eigenvalue weighted by Gasteiger charge is -1.97. The predicted octanol–water partition coefficient (Wildman–Crippen LogP) is 1.99. The van der Waals surface area contributed by atoms with Gasteiger partial charge in [0.25, 0.3) is 0 Å². The Hall–Kier alpha value is -1.57. The van der Waals surface area contributed by atoms with Gasteiger partial charge in [-0.1, -0.05) is 30.3 Å². The van der Waals surface area contributed by atoms with Crippen LogP contribution in [0.3, 0.4) is 0 Å². The molecule has 0 aliphatic rings. The van der Waals surface area contributed by atoms with E-state index < -0.39 is 0 Å². The first-order valence-electron chi connectivity index (χ1n) is 4.53. The number of nitrogens with one attached hydrogen (secondary N) is 1. The van der Waals surface area contributed by atoms with Gasteiger partial charge in [-0.3, -0.25) is 0 Å². The van der Waals surface area contributed by atoms with Crippen LogP contribution in [0.25, 0.3) is 11.3 Å². The summed E-state index contributed by atoms with van der Waals surface area (Å²) in [5.74, 6) is 0. The van der Waals surface area contributed by atoms with E-state index in [2.05, 4.69) is 40.7 Å². The van der Waals surface area contributed by atoms with Gasteiger partial charge in [0.2, 0.25) is 6.33 Å². The molecule has 2 aromatic rings. The van der Waals surface area contributed by atoms with Gasteiger partial charge < -0.3 is 0 Å². The van der Waals surface area contributed by atoms with Crippen molar-refractivity contribution in [1.82, 2.24) is 4.98 Å². The van der Waals surface area contributed by atoms with Crippen LogP contribution in [0.1, 0.15) is 6.92 Å². The molecule has 1 N–H and O–H groups in total.